The molecule has 0 unspecified atom stereocenters. The molecule has 0 bridgehead atoms. The van der Waals surface area contributed by atoms with Crippen LogP contribution in [-0.2, 0) is 12.7 Å². The van der Waals surface area contributed by atoms with Crippen molar-refractivity contribution in [3.05, 3.63) is 78.9 Å². The molecular formula is C19H14F3N5OS2. The first-order chi connectivity index (χ1) is 14.3. The van der Waals surface area contributed by atoms with Crippen molar-refractivity contribution in [2.24, 2.45) is 10.3 Å². The average Bonchev–Trinajstić information content (AvgIpc) is 3.33. The molecule has 0 spiro atoms. The van der Waals surface area contributed by atoms with Crippen LogP contribution < -0.4 is 21.4 Å². The number of halogens is 3. The van der Waals surface area contributed by atoms with Crippen molar-refractivity contribution in [2.45, 2.75) is 12.7 Å². The van der Waals surface area contributed by atoms with Gasteiger partial charge in [-0.05, 0) is 35.1 Å². The van der Waals surface area contributed by atoms with Gasteiger partial charge in [0.1, 0.15) is 0 Å². The van der Waals surface area contributed by atoms with Gasteiger partial charge in [0.2, 0.25) is 5.88 Å². The van der Waals surface area contributed by atoms with E-state index in [1.807, 2.05) is 24.3 Å². The first kappa shape index (κ1) is 20.1. The topological polar surface area (TPSA) is 73.9 Å². The van der Waals surface area contributed by atoms with E-state index >= 15 is 0 Å². The van der Waals surface area contributed by atoms with Crippen molar-refractivity contribution in [1.29, 1.82) is 0 Å². The number of thiazole rings is 1. The summed E-state index contributed by atoms with van der Waals surface area (Å²) in [5.74, 6) is 0.408. The molecule has 1 aliphatic rings. The van der Waals surface area contributed by atoms with Crippen LogP contribution in [0, 0.1) is 3.95 Å². The third-order valence-corrected chi connectivity index (χ3v) is 5.79. The molecule has 0 saturated heterocycles. The van der Waals surface area contributed by atoms with Crippen LogP contribution in [0.3, 0.4) is 0 Å². The summed E-state index contributed by atoms with van der Waals surface area (Å²) in [6, 6.07) is 12.6. The summed E-state index contributed by atoms with van der Waals surface area (Å²) in [5, 5.41) is 19.7. The summed E-state index contributed by atoms with van der Waals surface area (Å²) < 4.78 is 41.4. The number of nitrogens with one attached hydrogen (secondary N) is 2. The average molecular weight is 449 g/mol. The molecule has 154 valence electrons. The molecule has 11 heteroatoms. The van der Waals surface area contributed by atoms with Crippen molar-refractivity contribution >= 4 is 35.5 Å². The summed E-state index contributed by atoms with van der Waals surface area (Å²) in [6.07, 6.45) is -2.76. The number of rotatable bonds is 3. The number of hydrogen-bond donors (Lipinski definition) is 3. The molecule has 4 rings (SSSR count). The van der Waals surface area contributed by atoms with Crippen molar-refractivity contribution in [2.75, 3.05) is 0 Å². The summed E-state index contributed by atoms with van der Waals surface area (Å²) in [4.78, 5) is 0.463. The van der Waals surface area contributed by atoms with E-state index in [4.69, 9.17) is 12.2 Å². The van der Waals surface area contributed by atoms with E-state index < -0.39 is 11.7 Å². The zero-order valence-electron chi connectivity index (χ0n) is 15.1. The second-order valence-corrected chi connectivity index (χ2v) is 8.02. The quantitative estimate of drug-likeness (QED) is 0.536. The summed E-state index contributed by atoms with van der Waals surface area (Å²) >= 11 is 6.41. The van der Waals surface area contributed by atoms with Crippen LogP contribution in [0.15, 0.2) is 58.9 Å². The molecule has 0 fully saturated rings. The molecule has 3 aromatic rings. The Hall–Kier alpha value is -3.18. The number of alkyl halides is 3. The summed E-state index contributed by atoms with van der Waals surface area (Å²) in [7, 11) is 0. The van der Waals surface area contributed by atoms with E-state index in [9.17, 15) is 18.3 Å². The van der Waals surface area contributed by atoms with Gasteiger partial charge in [-0.3, -0.25) is 9.99 Å². The van der Waals surface area contributed by atoms with Crippen LogP contribution in [0.25, 0.3) is 11.9 Å². The standard InChI is InChI=1S/C19H14F3N5OS2/c20-19(21,22)14-4-2-1-3-13(14)10-27-17(28)15(30-18(27)29)9-11-5-7-12(8-6-11)16-23-25-26-24-16/h1-9,28H,10H2,(H,23,26)(H,24,25). The summed E-state index contributed by atoms with van der Waals surface area (Å²) in [6.45, 7) is -0.175. The van der Waals surface area contributed by atoms with E-state index in [0.717, 1.165) is 27.8 Å². The number of aromatic nitrogens is 1. The second kappa shape index (κ2) is 7.92. The van der Waals surface area contributed by atoms with Crippen LogP contribution in [0.2, 0.25) is 0 Å². The molecular weight excluding hydrogens is 435 g/mol. The largest absolute Gasteiger partial charge is 0.493 e. The normalized spacial score (nSPS) is 13.2. The molecule has 0 atom stereocenters. The van der Waals surface area contributed by atoms with Crippen LogP contribution in [0.1, 0.15) is 16.0 Å². The van der Waals surface area contributed by atoms with Crippen LogP contribution in [-0.4, -0.2) is 9.67 Å². The maximum atomic E-state index is 13.3. The smallest absolute Gasteiger partial charge is 0.416 e. The van der Waals surface area contributed by atoms with Crippen molar-refractivity contribution in [1.82, 2.24) is 15.5 Å². The molecule has 0 saturated carbocycles. The van der Waals surface area contributed by atoms with E-state index in [1.165, 1.54) is 22.8 Å². The molecule has 1 aliphatic heterocycles. The fourth-order valence-corrected chi connectivity index (χ4v) is 4.22. The van der Waals surface area contributed by atoms with Gasteiger partial charge in [-0.2, -0.15) is 13.2 Å². The van der Waals surface area contributed by atoms with Crippen LogP contribution >= 0.6 is 23.6 Å². The third kappa shape index (κ3) is 4.07. The van der Waals surface area contributed by atoms with Crippen LogP contribution in [0.5, 0.6) is 5.88 Å². The zero-order chi connectivity index (χ0) is 21.3. The van der Waals surface area contributed by atoms with Gasteiger partial charge in [0.25, 0.3) is 0 Å². The van der Waals surface area contributed by atoms with Gasteiger partial charge in [-0.15, -0.1) is 16.5 Å². The third-order valence-electron chi connectivity index (χ3n) is 4.40. The Morgan fingerprint density at radius 3 is 2.53 bits per heavy atom. The van der Waals surface area contributed by atoms with E-state index in [-0.39, 0.29) is 21.9 Å². The molecule has 0 radical (unpaired) electrons. The van der Waals surface area contributed by atoms with Crippen molar-refractivity contribution < 1.29 is 18.3 Å². The minimum absolute atomic E-state index is 0.0361. The maximum absolute atomic E-state index is 13.3. The van der Waals surface area contributed by atoms with Gasteiger partial charge in [-0.25, -0.2) is 5.53 Å². The highest BCUT2D eigenvalue weighted by Crippen LogP contribution is 2.34. The fraction of sp³-hybridized carbons (Fsp3) is 0.105. The molecule has 0 aliphatic carbocycles. The Bertz CT molecular complexity index is 1290. The lowest BCUT2D eigenvalue weighted by Crippen LogP contribution is -2.23. The predicted molar refractivity (Wildman–Crippen MR) is 109 cm³/mol. The Labute approximate surface area is 177 Å². The molecule has 3 N–H and O–H groups in total. The van der Waals surface area contributed by atoms with Gasteiger partial charge in [0.05, 0.1) is 17.0 Å². The van der Waals surface area contributed by atoms with Gasteiger partial charge in [-0.1, -0.05) is 47.7 Å². The highest BCUT2D eigenvalue weighted by Gasteiger charge is 2.33. The van der Waals surface area contributed by atoms with Crippen molar-refractivity contribution in [3.63, 3.8) is 0 Å². The molecule has 1 aromatic heterocycles. The molecule has 30 heavy (non-hydrogen) atoms. The van der Waals surface area contributed by atoms with Gasteiger partial charge < -0.3 is 5.11 Å². The van der Waals surface area contributed by atoms with Gasteiger partial charge >= 0.3 is 6.18 Å². The monoisotopic (exact) mass is 449 g/mol. The van der Waals surface area contributed by atoms with Gasteiger partial charge in [0.15, 0.2) is 9.78 Å². The fourth-order valence-electron chi connectivity index (χ4n) is 2.95. The first-order valence-electron chi connectivity index (χ1n) is 8.64. The highest BCUT2D eigenvalue weighted by molar-refractivity contribution is 7.73. The number of nitrogens with zero attached hydrogens (tertiary/aromatic N) is 3. The lowest BCUT2D eigenvalue weighted by molar-refractivity contribution is -0.138. The maximum Gasteiger partial charge on any atom is 0.416 e. The number of benzene rings is 2. The second-order valence-electron chi connectivity index (χ2n) is 6.35. The molecule has 2 aromatic carbocycles. The Morgan fingerprint density at radius 2 is 1.87 bits per heavy atom. The first-order valence-corrected chi connectivity index (χ1v) is 9.87. The Morgan fingerprint density at radius 1 is 1.13 bits per heavy atom. The van der Waals surface area contributed by atoms with Crippen molar-refractivity contribution in [3.8, 4) is 5.88 Å². The van der Waals surface area contributed by atoms with Crippen LogP contribution in [0.4, 0.5) is 13.2 Å². The SMILES string of the molecule is Oc1c(C=c2ccc(=C3N=NNN3)cc2)sc(=S)n1Cc1ccccc1C(F)(F)F. The Kier molecular flexibility index (Phi) is 5.31. The van der Waals surface area contributed by atoms with Gasteiger partial charge in [0, 0.05) is 5.22 Å². The lowest BCUT2D eigenvalue weighted by Gasteiger charge is -2.13. The molecule has 2 heterocycles. The summed E-state index contributed by atoms with van der Waals surface area (Å²) in [5.41, 5.74) is 4.60. The van der Waals surface area contributed by atoms with E-state index in [0.29, 0.717) is 10.7 Å². The minimum atomic E-state index is -4.48. The number of hydrogen-bond acceptors (Lipinski definition) is 7. The van der Waals surface area contributed by atoms with E-state index in [1.54, 1.807) is 6.08 Å². The lowest BCUT2D eigenvalue weighted by atomic mass is 10.1. The minimum Gasteiger partial charge on any atom is -0.493 e. The van der Waals surface area contributed by atoms with E-state index in [2.05, 4.69) is 21.3 Å². The molecule has 0 amide bonds. The zero-order valence-corrected chi connectivity index (χ0v) is 16.8. The molecule has 6 nitrogen and oxygen atoms in total. The number of aromatic hydroxyl groups is 1. The highest BCUT2D eigenvalue weighted by atomic mass is 32.1. The Balaban J connectivity index is 1.69. The predicted octanol–water partition coefficient (Wildman–Crippen LogP) is 3.42. The number of hydrazine groups is 1.